The molecule has 3 aromatic rings. The Balaban J connectivity index is 2.34. The van der Waals surface area contributed by atoms with Gasteiger partial charge in [0.25, 0.3) is 0 Å². The first-order valence-electron chi connectivity index (χ1n) is 6.07. The van der Waals surface area contributed by atoms with Crippen LogP contribution in [0.5, 0.6) is 0 Å². The van der Waals surface area contributed by atoms with Crippen LogP contribution in [0.25, 0.3) is 22.2 Å². The molecule has 2 aromatic carbocycles. The zero-order chi connectivity index (χ0) is 13.4. The molecule has 94 valence electrons. The van der Waals surface area contributed by atoms with Crippen LogP contribution in [0.2, 0.25) is 5.02 Å². The van der Waals surface area contributed by atoms with Crippen LogP contribution in [0.1, 0.15) is 5.56 Å². The number of rotatable bonds is 1. The number of pyridine rings is 1. The van der Waals surface area contributed by atoms with Crippen molar-refractivity contribution in [2.75, 3.05) is 5.73 Å². The zero-order valence-electron chi connectivity index (χ0n) is 10.5. The molecule has 1 heterocycles. The molecule has 3 rings (SSSR count). The summed E-state index contributed by atoms with van der Waals surface area (Å²) < 4.78 is 0. The Kier molecular flexibility index (Phi) is 2.88. The summed E-state index contributed by atoms with van der Waals surface area (Å²) in [5.41, 5.74) is 10.8. The van der Waals surface area contributed by atoms with Gasteiger partial charge in [-0.25, -0.2) is 4.98 Å². The summed E-state index contributed by atoms with van der Waals surface area (Å²) in [6, 6.07) is 15.7. The summed E-state index contributed by atoms with van der Waals surface area (Å²) in [5.74, 6) is 0. The van der Waals surface area contributed by atoms with Crippen LogP contribution in [-0.4, -0.2) is 4.98 Å². The summed E-state index contributed by atoms with van der Waals surface area (Å²) in [7, 11) is 0. The van der Waals surface area contributed by atoms with E-state index in [1.54, 1.807) is 0 Å². The van der Waals surface area contributed by atoms with Crippen molar-refractivity contribution in [2.24, 2.45) is 0 Å². The number of fused-ring (bicyclic) bond motifs is 1. The summed E-state index contributed by atoms with van der Waals surface area (Å²) >= 11 is 6.02. The highest BCUT2D eigenvalue weighted by Crippen LogP contribution is 2.32. The van der Waals surface area contributed by atoms with Crippen molar-refractivity contribution in [3.63, 3.8) is 0 Å². The van der Waals surface area contributed by atoms with Crippen molar-refractivity contribution in [1.82, 2.24) is 4.98 Å². The second-order valence-corrected chi connectivity index (χ2v) is 4.96. The first kappa shape index (κ1) is 12.0. The molecule has 0 aliphatic rings. The molecule has 2 N–H and O–H groups in total. The fourth-order valence-electron chi connectivity index (χ4n) is 2.23. The molecule has 2 nitrogen and oxygen atoms in total. The van der Waals surface area contributed by atoms with Crippen molar-refractivity contribution in [3.05, 3.63) is 59.1 Å². The molecule has 0 saturated carbocycles. The van der Waals surface area contributed by atoms with E-state index >= 15 is 0 Å². The lowest BCUT2D eigenvalue weighted by molar-refractivity contribution is 1.33. The van der Waals surface area contributed by atoms with E-state index in [2.05, 4.69) is 0 Å². The van der Waals surface area contributed by atoms with Gasteiger partial charge in [0, 0.05) is 21.7 Å². The third kappa shape index (κ3) is 2.04. The smallest absolute Gasteiger partial charge is 0.0759 e. The van der Waals surface area contributed by atoms with Crippen LogP contribution in [0.4, 0.5) is 5.69 Å². The van der Waals surface area contributed by atoms with E-state index in [-0.39, 0.29) is 0 Å². The Morgan fingerprint density at radius 2 is 1.79 bits per heavy atom. The molecule has 0 fully saturated rings. The summed E-state index contributed by atoms with van der Waals surface area (Å²) in [6.45, 7) is 1.99. The number of nitrogen functional groups attached to an aromatic ring is 1. The zero-order valence-corrected chi connectivity index (χ0v) is 11.3. The average molecular weight is 269 g/mol. The summed E-state index contributed by atoms with van der Waals surface area (Å²) in [6.07, 6.45) is 0. The lowest BCUT2D eigenvalue weighted by atomic mass is 10.0. The average Bonchev–Trinajstić information content (AvgIpc) is 2.44. The highest BCUT2D eigenvalue weighted by atomic mass is 35.5. The minimum absolute atomic E-state index is 0.674. The number of anilines is 1. The maximum atomic E-state index is 6.23. The fourth-order valence-corrected chi connectivity index (χ4v) is 2.40. The Morgan fingerprint density at radius 3 is 2.53 bits per heavy atom. The summed E-state index contributed by atoms with van der Waals surface area (Å²) in [5, 5.41) is 1.58. The van der Waals surface area contributed by atoms with E-state index in [0.29, 0.717) is 5.02 Å². The van der Waals surface area contributed by atoms with Gasteiger partial charge >= 0.3 is 0 Å². The van der Waals surface area contributed by atoms with Gasteiger partial charge in [-0.05, 0) is 30.7 Å². The molecule has 0 atom stereocenters. The molecule has 0 bridgehead atoms. The monoisotopic (exact) mass is 268 g/mol. The molecule has 19 heavy (non-hydrogen) atoms. The van der Waals surface area contributed by atoms with Crippen LogP contribution in [0.3, 0.4) is 0 Å². The van der Waals surface area contributed by atoms with E-state index in [4.69, 9.17) is 22.3 Å². The normalized spacial score (nSPS) is 10.8. The number of hydrogen-bond acceptors (Lipinski definition) is 2. The van der Waals surface area contributed by atoms with Crippen molar-refractivity contribution in [1.29, 1.82) is 0 Å². The maximum absolute atomic E-state index is 6.23. The van der Waals surface area contributed by atoms with Gasteiger partial charge in [0.15, 0.2) is 0 Å². The third-order valence-electron chi connectivity index (χ3n) is 3.29. The number of nitrogens with zero attached hydrogens (tertiary/aromatic N) is 1. The van der Waals surface area contributed by atoms with Crippen molar-refractivity contribution in [3.8, 4) is 11.3 Å². The molecule has 0 unspecified atom stereocenters. The molecule has 0 spiro atoms. The molecule has 0 aliphatic heterocycles. The van der Waals surface area contributed by atoms with Crippen LogP contribution < -0.4 is 5.73 Å². The van der Waals surface area contributed by atoms with Gasteiger partial charge < -0.3 is 5.73 Å². The van der Waals surface area contributed by atoms with E-state index in [9.17, 15) is 0 Å². The number of benzene rings is 2. The molecule has 0 amide bonds. The second kappa shape index (κ2) is 4.56. The predicted molar refractivity (Wildman–Crippen MR) is 81.3 cm³/mol. The Bertz CT molecular complexity index is 752. The SMILES string of the molecule is Cc1c(-c2ccccc2)nc2ccc(Cl)cc2c1N. The molecular weight excluding hydrogens is 256 g/mol. The number of aromatic nitrogens is 1. The van der Waals surface area contributed by atoms with Crippen molar-refractivity contribution < 1.29 is 0 Å². The standard InChI is InChI=1S/C16H13ClN2/c1-10-15(18)13-9-12(17)7-8-14(13)19-16(10)11-5-3-2-4-6-11/h2-9H,1H3,(H2,18,19). The highest BCUT2D eigenvalue weighted by molar-refractivity contribution is 6.31. The molecule has 0 radical (unpaired) electrons. The Morgan fingerprint density at radius 1 is 1.05 bits per heavy atom. The fraction of sp³-hybridized carbons (Fsp3) is 0.0625. The van der Waals surface area contributed by atoms with E-state index in [1.165, 1.54) is 0 Å². The van der Waals surface area contributed by atoms with Gasteiger partial charge in [-0.3, -0.25) is 0 Å². The molecule has 1 aromatic heterocycles. The van der Waals surface area contributed by atoms with Crippen molar-refractivity contribution in [2.45, 2.75) is 6.92 Å². The van der Waals surface area contributed by atoms with Crippen LogP contribution in [-0.2, 0) is 0 Å². The number of nitrogens with two attached hydrogens (primary N) is 1. The second-order valence-electron chi connectivity index (χ2n) is 4.53. The summed E-state index contributed by atoms with van der Waals surface area (Å²) in [4.78, 5) is 4.71. The first-order valence-corrected chi connectivity index (χ1v) is 6.45. The van der Waals surface area contributed by atoms with Gasteiger partial charge in [-0.1, -0.05) is 41.9 Å². The topological polar surface area (TPSA) is 38.9 Å². The number of hydrogen-bond donors (Lipinski definition) is 1. The van der Waals surface area contributed by atoms with Gasteiger partial charge in [-0.15, -0.1) is 0 Å². The van der Waals surface area contributed by atoms with Gasteiger partial charge in [0.05, 0.1) is 11.2 Å². The van der Waals surface area contributed by atoms with Gasteiger partial charge in [-0.2, -0.15) is 0 Å². The largest absolute Gasteiger partial charge is 0.398 e. The molecule has 3 heteroatoms. The van der Waals surface area contributed by atoms with E-state index in [0.717, 1.165) is 33.4 Å². The lowest BCUT2D eigenvalue weighted by Crippen LogP contribution is -1.98. The maximum Gasteiger partial charge on any atom is 0.0759 e. The Labute approximate surface area is 116 Å². The lowest BCUT2D eigenvalue weighted by Gasteiger charge is -2.11. The molecule has 0 aliphatic carbocycles. The molecule has 0 saturated heterocycles. The minimum atomic E-state index is 0.674. The first-order chi connectivity index (χ1) is 9.16. The Hall–Kier alpha value is -2.06. The molecular formula is C16H13ClN2. The predicted octanol–water partition coefficient (Wildman–Crippen LogP) is 4.45. The quantitative estimate of drug-likeness (QED) is 0.708. The third-order valence-corrected chi connectivity index (χ3v) is 3.52. The highest BCUT2D eigenvalue weighted by Gasteiger charge is 2.11. The number of halogens is 1. The van der Waals surface area contributed by atoms with Crippen molar-refractivity contribution >= 4 is 28.2 Å². The minimum Gasteiger partial charge on any atom is -0.398 e. The van der Waals surface area contributed by atoms with Gasteiger partial charge in [0.1, 0.15) is 0 Å². The van der Waals surface area contributed by atoms with E-state index in [1.807, 2.05) is 55.5 Å². The van der Waals surface area contributed by atoms with Crippen LogP contribution in [0, 0.1) is 6.92 Å². The van der Waals surface area contributed by atoms with E-state index < -0.39 is 0 Å². The van der Waals surface area contributed by atoms with Crippen LogP contribution >= 0.6 is 11.6 Å². The van der Waals surface area contributed by atoms with Gasteiger partial charge in [0.2, 0.25) is 0 Å². The van der Waals surface area contributed by atoms with Crippen LogP contribution in [0.15, 0.2) is 48.5 Å².